The second-order valence-corrected chi connectivity index (χ2v) is 7.02. The lowest BCUT2D eigenvalue weighted by Crippen LogP contribution is -2.44. The van der Waals surface area contributed by atoms with Crippen LogP contribution in [0.25, 0.3) is 10.6 Å². The van der Waals surface area contributed by atoms with Gasteiger partial charge >= 0.3 is 0 Å². The van der Waals surface area contributed by atoms with E-state index in [2.05, 4.69) is 24.1 Å². The molecule has 5 nitrogen and oxygen atoms in total. The Hall–Kier alpha value is -1.63. The first-order chi connectivity index (χ1) is 11.6. The van der Waals surface area contributed by atoms with Crippen LogP contribution in [0, 0.1) is 0 Å². The van der Waals surface area contributed by atoms with E-state index in [0.29, 0.717) is 0 Å². The fourth-order valence-corrected chi connectivity index (χ4v) is 3.93. The van der Waals surface area contributed by atoms with Gasteiger partial charge < -0.3 is 14.2 Å². The van der Waals surface area contributed by atoms with Crippen molar-refractivity contribution < 1.29 is 14.2 Å². The third-order valence-corrected chi connectivity index (χ3v) is 5.00. The van der Waals surface area contributed by atoms with Gasteiger partial charge in [0.25, 0.3) is 0 Å². The number of morpholine rings is 1. The zero-order valence-corrected chi connectivity index (χ0v) is 15.4. The van der Waals surface area contributed by atoms with Crippen molar-refractivity contribution in [3.8, 4) is 22.1 Å². The van der Waals surface area contributed by atoms with Gasteiger partial charge in [-0.2, -0.15) is 0 Å². The summed E-state index contributed by atoms with van der Waals surface area (Å²) in [6, 6.07) is 5.91. The Labute approximate surface area is 147 Å². The normalized spacial score (nSPS) is 21.7. The van der Waals surface area contributed by atoms with Crippen molar-refractivity contribution in [2.75, 3.05) is 27.3 Å². The topological polar surface area (TPSA) is 43.8 Å². The van der Waals surface area contributed by atoms with E-state index in [4.69, 9.17) is 19.2 Å². The van der Waals surface area contributed by atoms with Gasteiger partial charge in [-0.15, -0.1) is 11.3 Å². The maximum atomic E-state index is 5.79. The van der Waals surface area contributed by atoms with E-state index in [0.717, 1.165) is 47.4 Å². The first-order valence-corrected chi connectivity index (χ1v) is 9.01. The molecule has 0 saturated carbocycles. The summed E-state index contributed by atoms with van der Waals surface area (Å²) in [5.41, 5.74) is 2.15. The summed E-state index contributed by atoms with van der Waals surface area (Å²) in [6.07, 6.45) is 0.551. The van der Waals surface area contributed by atoms with Gasteiger partial charge in [-0.1, -0.05) is 0 Å². The molecular weight excluding hydrogens is 324 g/mol. The molecule has 0 radical (unpaired) electrons. The minimum absolute atomic E-state index is 0.276. The fourth-order valence-electron chi connectivity index (χ4n) is 3.12. The Morgan fingerprint density at radius 3 is 2.54 bits per heavy atom. The van der Waals surface area contributed by atoms with Gasteiger partial charge in [0, 0.05) is 30.6 Å². The summed E-state index contributed by atoms with van der Waals surface area (Å²) in [4.78, 5) is 7.20. The molecule has 24 heavy (non-hydrogen) atoms. The van der Waals surface area contributed by atoms with Crippen LogP contribution in [0.2, 0.25) is 0 Å². The van der Waals surface area contributed by atoms with E-state index in [1.165, 1.54) is 0 Å². The third-order valence-electron chi connectivity index (χ3n) is 4.06. The van der Waals surface area contributed by atoms with Gasteiger partial charge in [0.2, 0.25) is 0 Å². The molecule has 1 saturated heterocycles. The van der Waals surface area contributed by atoms with E-state index in [1.807, 2.05) is 18.2 Å². The average molecular weight is 348 g/mol. The molecule has 130 valence electrons. The zero-order valence-electron chi connectivity index (χ0n) is 14.6. The lowest BCUT2D eigenvalue weighted by Gasteiger charge is -2.34. The number of benzene rings is 1. The Bertz CT molecular complexity index is 679. The van der Waals surface area contributed by atoms with Gasteiger partial charge in [0.05, 0.1) is 32.1 Å². The molecule has 0 amide bonds. The lowest BCUT2D eigenvalue weighted by molar-refractivity contribution is -0.0707. The number of aromatic nitrogens is 1. The molecule has 2 heterocycles. The summed E-state index contributed by atoms with van der Waals surface area (Å²) in [6.45, 7) is 7.01. The first kappa shape index (κ1) is 17.2. The molecule has 1 aliphatic heterocycles. The van der Waals surface area contributed by atoms with Crippen LogP contribution in [0.15, 0.2) is 23.6 Å². The van der Waals surface area contributed by atoms with Crippen LogP contribution < -0.4 is 9.47 Å². The summed E-state index contributed by atoms with van der Waals surface area (Å²) in [5.74, 6) is 1.46. The molecule has 1 aliphatic rings. The predicted octanol–water partition coefficient (Wildman–Crippen LogP) is 3.44. The standard InChI is InChI=1S/C18H24N2O3S/c1-12-8-20(9-13(2)23-12)10-15-11-24-18(19-15)14-5-6-16(21-3)17(7-14)22-4/h5-7,11-13H,8-10H2,1-4H3/t12-,13+. The van der Waals surface area contributed by atoms with E-state index in [-0.39, 0.29) is 12.2 Å². The third kappa shape index (κ3) is 3.88. The van der Waals surface area contributed by atoms with Gasteiger partial charge in [0.1, 0.15) is 5.01 Å². The minimum Gasteiger partial charge on any atom is -0.493 e. The number of ether oxygens (including phenoxy) is 3. The highest BCUT2D eigenvalue weighted by Crippen LogP contribution is 2.33. The number of thiazole rings is 1. The number of nitrogens with zero attached hydrogens (tertiary/aromatic N) is 2. The second kappa shape index (κ2) is 7.51. The van der Waals surface area contributed by atoms with Crippen LogP contribution in [0.4, 0.5) is 0 Å². The Morgan fingerprint density at radius 1 is 1.17 bits per heavy atom. The molecular formula is C18H24N2O3S. The highest BCUT2D eigenvalue weighted by molar-refractivity contribution is 7.13. The fraction of sp³-hybridized carbons (Fsp3) is 0.500. The van der Waals surface area contributed by atoms with Gasteiger partial charge in [-0.25, -0.2) is 4.98 Å². The van der Waals surface area contributed by atoms with Gasteiger partial charge in [0.15, 0.2) is 11.5 Å². The van der Waals surface area contributed by atoms with E-state index in [9.17, 15) is 0 Å². The molecule has 1 aromatic carbocycles. The Morgan fingerprint density at radius 2 is 1.88 bits per heavy atom. The zero-order chi connectivity index (χ0) is 17.1. The summed E-state index contributed by atoms with van der Waals surface area (Å²) in [5, 5.41) is 3.14. The van der Waals surface area contributed by atoms with Crippen molar-refractivity contribution in [1.82, 2.24) is 9.88 Å². The molecule has 0 N–H and O–H groups in total. The van der Waals surface area contributed by atoms with Crippen LogP contribution in [-0.2, 0) is 11.3 Å². The average Bonchev–Trinajstić information content (AvgIpc) is 3.01. The SMILES string of the molecule is COc1ccc(-c2nc(CN3C[C@@H](C)O[C@@H](C)C3)cs2)cc1OC. The molecule has 2 atom stereocenters. The van der Waals surface area contributed by atoms with Crippen molar-refractivity contribution in [2.24, 2.45) is 0 Å². The van der Waals surface area contributed by atoms with Crippen LogP contribution in [0.5, 0.6) is 11.5 Å². The van der Waals surface area contributed by atoms with Crippen LogP contribution >= 0.6 is 11.3 Å². The molecule has 0 unspecified atom stereocenters. The summed E-state index contributed by atoms with van der Waals surface area (Å²) < 4.78 is 16.5. The highest BCUT2D eigenvalue weighted by atomic mass is 32.1. The van der Waals surface area contributed by atoms with Crippen molar-refractivity contribution in [3.63, 3.8) is 0 Å². The first-order valence-electron chi connectivity index (χ1n) is 8.13. The van der Waals surface area contributed by atoms with E-state index < -0.39 is 0 Å². The van der Waals surface area contributed by atoms with Crippen molar-refractivity contribution in [3.05, 3.63) is 29.3 Å². The Kier molecular flexibility index (Phi) is 5.38. The molecule has 1 aromatic heterocycles. The van der Waals surface area contributed by atoms with Gasteiger partial charge in [-0.05, 0) is 32.0 Å². The van der Waals surface area contributed by atoms with E-state index in [1.54, 1.807) is 25.6 Å². The number of rotatable bonds is 5. The molecule has 0 spiro atoms. The molecule has 0 bridgehead atoms. The quantitative estimate of drug-likeness (QED) is 0.828. The van der Waals surface area contributed by atoms with E-state index >= 15 is 0 Å². The minimum atomic E-state index is 0.276. The monoisotopic (exact) mass is 348 g/mol. The van der Waals surface area contributed by atoms with Crippen molar-refractivity contribution in [2.45, 2.75) is 32.6 Å². The lowest BCUT2D eigenvalue weighted by atomic mass is 10.2. The smallest absolute Gasteiger partial charge is 0.161 e. The van der Waals surface area contributed by atoms with Crippen molar-refractivity contribution in [1.29, 1.82) is 0 Å². The molecule has 3 rings (SSSR count). The molecule has 0 aliphatic carbocycles. The number of hydrogen-bond donors (Lipinski definition) is 0. The van der Waals surface area contributed by atoms with Gasteiger partial charge in [-0.3, -0.25) is 4.90 Å². The summed E-state index contributed by atoms with van der Waals surface area (Å²) in [7, 11) is 3.29. The Balaban J connectivity index is 1.73. The maximum Gasteiger partial charge on any atom is 0.161 e. The molecule has 6 heteroatoms. The second-order valence-electron chi connectivity index (χ2n) is 6.17. The number of hydrogen-bond acceptors (Lipinski definition) is 6. The largest absolute Gasteiger partial charge is 0.493 e. The maximum absolute atomic E-state index is 5.79. The van der Waals surface area contributed by atoms with Crippen LogP contribution in [0.3, 0.4) is 0 Å². The predicted molar refractivity (Wildman–Crippen MR) is 95.9 cm³/mol. The highest BCUT2D eigenvalue weighted by Gasteiger charge is 2.22. The van der Waals surface area contributed by atoms with Crippen LogP contribution in [-0.4, -0.2) is 49.4 Å². The molecule has 1 fully saturated rings. The molecule has 2 aromatic rings. The summed E-state index contributed by atoms with van der Waals surface area (Å²) >= 11 is 1.66. The van der Waals surface area contributed by atoms with Crippen molar-refractivity contribution >= 4 is 11.3 Å². The number of methoxy groups -OCH3 is 2. The van der Waals surface area contributed by atoms with Crippen LogP contribution in [0.1, 0.15) is 19.5 Å².